The van der Waals surface area contributed by atoms with E-state index in [-0.39, 0.29) is 11.9 Å². The van der Waals surface area contributed by atoms with Gasteiger partial charge in [0, 0.05) is 32.6 Å². The van der Waals surface area contributed by atoms with E-state index < -0.39 is 5.41 Å². The van der Waals surface area contributed by atoms with Gasteiger partial charge in [-0.1, -0.05) is 18.2 Å². The Kier molecular flexibility index (Phi) is 8.51. The molecule has 1 unspecified atom stereocenters. The Labute approximate surface area is 179 Å². The molecule has 0 saturated carbocycles. The van der Waals surface area contributed by atoms with Crippen molar-refractivity contribution in [2.75, 3.05) is 46.0 Å². The van der Waals surface area contributed by atoms with Crippen molar-refractivity contribution in [3.8, 4) is 5.75 Å². The number of hydrogen-bond acceptors (Lipinski definition) is 6. The van der Waals surface area contributed by atoms with E-state index in [9.17, 15) is 9.59 Å². The summed E-state index contributed by atoms with van der Waals surface area (Å²) < 4.78 is 11.3. The number of hydrogen-bond donors (Lipinski definition) is 0. The highest BCUT2D eigenvalue weighted by molar-refractivity contribution is 5.81. The Morgan fingerprint density at radius 1 is 1.13 bits per heavy atom. The molecule has 2 heterocycles. The molecule has 2 fully saturated rings. The number of esters is 1. The Morgan fingerprint density at radius 3 is 2.70 bits per heavy atom. The first-order valence-electron chi connectivity index (χ1n) is 11.1. The van der Waals surface area contributed by atoms with Gasteiger partial charge in [-0.15, -0.1) is 0 Å². The van der Waals surface area contributed by atoms with Crippen LogP contribution in [-0.4, -0.2) is 67.8 Å². The van der Waals surface area contributed by atoms with Gasteiger partial charge < -0.3 is 14.4 Å². The van der Waals surface area contributed by atoms with Crippen LogP contribution in [-0.2, 0) is 19.2 Å². The molecule has 2 aliphatic heterocycles. The van der Waals surface area contributed by atoms with Gasteiger partial charge in [-0.2, -0.15) is 5.06 Å². The highest BCUT2D eigenvalue weighted by Crippen LogP contribution is 2.35. The van der Waals surface area contributed by atoms with Crippen LogP contribution in [0.3, 0.4) is 0 Å². The van der Waals surface area contributed by atoms with E-state index in [0.717, 1.165) is 38.2 Å². The Bertz CT molecular complexity index is 677. The number of benzene rings is 1. The van der Waals surface area contributed by atoms with E-state index in [1.54, 1.807) is 0 Å². The number of nitrogens with zero attached hydrogens (tertiary/aromatic N) is 2. The molecular weight excluding hydrogens is 384 g/mol. The Morgan fingerprint density at radius 2 is 1.97 bits per heavy atom. The van der Waals surface area contributed by atoms with Gasteiger partial charge in [-0.25, -0.2) is 0 Å². The van der Waals surface area contributed by atoms with Gasteiger partial charge in [0.15, 0.2) is 0 Å². The highest BCUT2D eigenvalue weighted by Gasteiger charge is 2.44. The number of ether oxygens (including phenoxy) is 2. The van der Waals surface area contributed by atoms with Crippen molar-refractivity contribution in [2.24, 2.45) is 5.41 Å². The maximum atomic E-state index is 12.9. The largest absolute Gasteiger partial charge is 0.494 e. The zero-order chi connectivity index (χ0) is 21.2. The number of piperidine rings is 1. The summed E-state index contributed by atoms with van der Waals surface area (Å²) in [4.78, 5) is 33.2. The fourth-order valence-electron chi connectivity index (χ4n) is 4.19. The number of carbonyl (C=O) groups excluding carboxylic acids is 2. The monoisotopic (exact) mass is 418 g/mol. The third-order valence-electron chi connectivity index (χ3n) is 5.88. The van der Waals surface area contributed by atoms with Crippen LogP contribution in [0, 0.1) is 5.41 Å². The van der Waals surface area contributed by atoms with Crippen LogP contribution < -0.4 is 4.74 Å². The molecule has 2 aliphatic rings. The number of rotatable bonds is 9. The van der Waals surface area contributed by atoms with Crippen LogP contribution in [0.1, 0.15) is 45.4 Å². The lowest BCUT2D eigenvalue weighted by Gasteiger charge is -2.41. The van der Waals surface area contributed by atoms with Crippen LogP contribution in [0.5, 0.6) is 5.75 Å². The van der Waals surface area contributed by atoms with E-state index in [1.807, 2.05) is 47.2 Å². The lowest BCUT2D eigenvalue weighted by molar-refractivity contribution is -0.183. The molecule has 0 N–H and O–H groups in total. The van der Waals surface area contributed by atoms with Crippen molar-refractivity contribution in [1.82, 2.24) is 9.96 Å². The van der Waals surface area contributed by atoms with Gasteiger partial charge in [-0.05, 0) is 51.2 Å². The van der Waals surface area contributed by atoms with Gasteiger partial charge in [0.1, 0.15) is 5.75 Å². The van der Waals surface area contributed by atoms with E-state index in [4.69, 9.17) is 14.3 Å². The van der Waals surface area contributed by atoms with Gasteiger partial charge in [0.05, 0.1) is 25.2 Å². The highest BCUT2D eigenvalue weighted by atomic mass is 16.7. The van der Waals surface area contributed by atoms with Crippen molar-refractivity contribution in [1.29, 1.82) is 0 Å². The quantitative estimate of drug-likeness (QED) is 0.574. The Balaban J connectivity index is 1.58. The maximum Gasteiger partial charge on any atom is 0.314 e. The SMILES string of the molecule is CCOC(=O)C1(CCOc2ccccc2)CCCN(C(=O)CCN2CCCCO2)C1. The standard InChI is InChI=1S/C23H34N2O5/c1-2-28-22(27)23(13-18-29-20-9-4-3-5-10-20)12-8-14-24(19-23)21(26)11-16-25-15-6-7-17-30-25/h3-5,9-10H,2,6-8,11-19H2,1H3. The van der Waals surface area contributed by atoms with Crippen molar-refractivity contribution in [3.63, 3.8) is 0 Å². The summed E-state index contributed by atoms with van der Waals surface area (Å²) in [5.41, 5.74) is -0.708. The second kappa shape index (κ2) is 11.3. The van der Waals surface area contributed by atoms with Gasteiger partial charge in [0.25, 0.3) is 0 Å². The summed E-state index contributed by atoms with van der Waals surface area (Å²) in [6.45, 7) is 5.83. The number of hydroxylamine groups is 2. The van der Waals surface area contributed by atoms with Crippen molar-refractivity contribution >= 4 is 11.9 Å². The van der Waals surface area contributed by atoms with Crippen LogP contribution >= 0.6 is 0 Å². The minimum Gasteiger partial charge on any atom is -0.494 e. The molecule has 7 nitrogen and oxygen atoms in total. The average molecular weight is 419 g/mol. The first kappa shape index (κ1) is 22.6. The first-order valence-corrected chi connectivity index (χ1v) is 11.1. The minimum atomic E-state index is -0.708. The van der Waals surface area contributed by atoms with Crippen molar-refractivity contribution < 1.29 is 23.9 Å². The molecule has 1 atom stereocenters. The van der Waals surface area contributed by atoms with E-state index >= 15 is 0 Å². The summed E-state index contributed by atoms with van der Waals surface area (Å²) in [6.07, 6.45) is 4.60. The first-order chi connectivity index (χ1) is 14.6. The smallest absolute Gasteiger partial charge is 0.314 e. The fourth-order valence-corrected chi connectivity index (χ4v) is 4.19. The molecule has 7 heteroatoms. The van der Waals surface area contributed by atoms with E-state index in [0.29, 0.717) is 52.1 Å². The molecule has 1 aromatic carbocycles. The van der Waals surface area contributed by atoms with Gasteiger partial charge in [-0.3, -0.25) is 14.4 Å². The zero-order valence-electron chi connectivity index (χ0n) is 18.0. The molecule has 1 amide bonds. The summed E-state index contributed by atoms with van der Waals surface area (Å²) >= 11 is 0. The van der Waals surface area contributed by atoms with Crippen LogP contribution in [0.2, 0.25) is 0 Å². The molecule has 0 bridgehead atoms. The minimum absolute atomic E-state index is 0.0709. The summed E-state index contributed by atoms with van der Waals surface area (Å²) in [5.74, 6) is 0.627. The topological polar surface area (TPSA) is 68.3 Å². The third kappa shape index (κ3) is 6.19. The molecule has 0 spiro atoms. The molecular formula is C23H34N2O5. The second-order valence-corrected chi connectivity index (χ2v) is 8.05. The van der Waals surface area contributed by atoms with Crippen molar-refractivity contribution in [2.45, 2.75) is 45.4 Å². The summed E-state index contributed by atoms with van der Waals surface area (Å²) in [6, 6.07) is 9.58. The molecule has 1 aromatic rings. The maximum absolute atomic E-state index is 12.9. The predicted molar refractivity (Wildman–Crippen MR) is 113 cm³/mol. The molecule has 0 aromatic heterocycles. The predicted octanol–water partition coefficient (Wildman–Crippen LogP) is 3.04. The molecule has 0 radical (unpaired) electrons. The summed E-state index contributed by atoms with van der Waals surface area (Å²) in [7, 11) is 0. The Hall–Kier alpha value is -2.12. The number of likely N-dealkylation sites (tertiary alicyclic amines) is 1. The number of amides is 1. The molecule has 166 valence electrons. The van der Waals surface area contributed by atoms with Crippen LogP contribution in [0.25, 0.3) is 0 Å². The lowest BCUT2D eigenvalue weighted by Crippen LogP contribution is -2.51. The number of carbonyl (C=O) groups is 2. The average Bonchev–Trinajstić information content (AvgIpc) is 2.79. The third-order valence-corrected chi connectivity index (χ3v) is 5.88. The molecule has 3 rings (SSSR count). The van der Waals surface area contributed by atoms with E-state index in [1.165, 1.54) is 0 Å². The van der Waals surface area contributed by atoms with Crippen LogP contribution in [0.15, 0.2) is 30.3 Å². The molecule has 30 heavy (non-hydrogen) atoms. The van der Waals surface area contributed by atoms with E-state index in [2.05, 4.69) is 0 Å². The van der Waals surface area contributed by atoms with Gasteiger partial charge >= 0.3 is 5.97 Å². The van der Waals surface area contributed by atoms with Crippen LogP contribution in [0.4, 0.5) is 0 Å². The van der Waals surface area contributed by atoms with Crippen molar-refractivity contribution in [3.05, 3.63) is 30.3 Å². The zero-order valence-corrected chi connectivity index (χ0v) is 18.0. The fraction of sp³-hybridized carbons (Fsp3) is 0.652. The molecule has 2 saturated heterocycles. The lowest BCUT2D eigenvalue weighted by atomic mass is 9.77. The van der Waals surface area contributed by atoms with Gasteiger partial charge in [0.2, 0.25) is 5.91 Å². The summed E-state index contributed by atoms with van der Waals surface area (Å²) in [5, 5.41) is 1.89. The number of para-hydroxylation sites is 1. The second-order valence-electron chi connectivity index (χ2n) is 8.05. The molecule has 0 aliphatic carbocycles. The normalized spacial score (nSPS) is 22.5.